The summed E-state index contributed by atoms with van der Waals surface area (Å²) in [5, 5.41) is 3.63. The van der Waals surface area contributed by atoms with Gasteiger partial charge in [0.05, 0.1) is 13.2 Å². The van der Waals surface area contributed by atoms with Gasteiger partial charge in [0.2, 0.25) is 5.95 Å². The van der Waals surface area contributed by atoms with Gasteiger partial charge in [-0.05, 0) is 24.1 Å². The van der Waals surface area contributed by atoms with Crippen molar-refractivity contribution >= 4 is 23.4 Å². The van der Waals surface area contributed by atoms with Gasteiger partial charge in [-0.25, -0.2) is 4.98 Å². The van der Waals surface area contributed by atoms with E-state index in [1.54, 1.807) is 13.2 Å². The van der Waals surface area contributed by atoms with Crippen LogP contribution in [0.4, 0.5) is 11.8 Å². The van der Waals surface area contributed by atoms with Gasteiger partial charge in [-0.1, -0.05) is 30.7 Å². The monoisotopic (exact) mass is 292 g/mol. The number of hydrogen-bond donors (Lipinski definition) is 2. The van der Waals surface area contributed by atoms with E-state index in [-0.39, 0.29) is 12.0 Å². The van der Waals surface area contributed by atoms with Gasteiger partial charge in [-0.2, -0.15) is 4.98 Å². The van der Waals surface area contributed by atoms with Crippen LogP contribution in [0.2, 0.25) is 5.15 Å². The summed E-state index contributed by atoms with van der Waals surface area (Å²) in [5.74, 6) is 1.60. The van der Waals surface area contributed by atoms with Crippen LogP contribution in [0.1, 0.15) is 24.9 Å². The Morgan fingerprint density at radius 2 is 2.00 bits per heavy atom. The number of nitrogens with zero attached hydrogens (tertiary/aromatic N) is 2. The second kappa shape index (κ2) is 6.43. The van der Waals surface area contributed by atoms with Crippen LogP contribution in [0.3, 0.4) is 0 Å². The molecular formula is C14H17ClN4O. The largest absolute Gasteiger partial charge is 0.497 e. The summed E-state index contributed by atoms with van der Waals surface area (Å²) in [6, 6.07) is 9.68. The first-order valence-electron chi connectivity index (χ1n) is 6.33. The zero-order valence-electron chi connectivity index (χ0n) is 11.4. The van der Waals surface area contributed by atoms with E-state index in [2.05, 4.69) is 22.2 Å². The number of halogens is 1. The topological polar surface area (TPSA) is 73.1 Å². The highest BCUT2D eigenvalue weighted by atomic mass is 35.5. The van der Waals surface area contributed by atoms with Crippen LogP contribution in [0, 0.1) is 0 Å². The molecule has 1 aromatic carbocycles. The number of nitrogens with two attached hydrogens (primary N) is 1. The second-order valence-electron chi connectivity index (χ2n) is 4.31. The van der Waals surface area contributed by atoms with Crippen LogP contribution in [0.5, 0.6) is 5.75 Å². The first kappa shape index (κ1) is 14.4. The Kier molecular flexibility index (Phi) is 4.63. The molecule has 5 nitrogen and oxygen atoms in total. The lowest BCUT2D eigenvalue weighted by atomic mass is 10.0. The van der Waals surface area contributed by atoms with Gasteiger partial charge in [0.15, 0.2) is 0 Å². The predicted molar refractivity (Wildman–Crippen MR) is 81.1 cm³/mol. The third-order valence-electron chi connectivity index (χ3n) is 2.96. The smallest absolute Gasteiger partial charge is 0.223 e. The first-order chi connectivity index (χ1) is 9.62. The molecule has 1 aromatic heterocycles. The molecule has 0 aliphatic heterocycles. The van der Waals surface area contributed by atoms with Crippen LogP contribution in [-0.4, -0.2) is 17.1 Å². The Hall–Kier alpha value is -2.01. The Balaban J connectivity index is 2.19. The number of nitrogen functional groups attached to an aromatic ring is 1. The Morgan fingerprint density at radius 3 is 2.55 bits per heavy atom. The quantitative estimate of drug-likeness (QED) is 0.827. The zero-order chi connectivity index (χ0) is 14.5. The van der Waals surface area contributed by atoms with Gasteiger partial charge in [0, 0.05) is 6.07 Å². The molecule has 0 aliphatic rings. The summed E-state index contributed by atoms with van der Waals surface area (Å²) in [4.78, 5) is 7.97. The van der Waals surface area contributed by atoms with E-state index in [9.17, 15) is 0 Å². The van der Waals surface area contributed by atoms with Crippen molar-refractivity contribution in [1.82, 2.24) is 9.97 Å². The molecule has 6 heteroatoms. The van der Waals surface area contributed by atoms with Gasteiger partial charge >= 0.3 is 0 Å². The number of ether oxygens (including phenoxy) is 1. The van der Waals surface area contributed by atoms with Crippen molar-refractivity contribution in [1.29, 1.82) is 0 Å². The third kappa shape index (κ3) is 3.51. The van der Waals surface area contributed by atoms with Gasteiger partial charge in [-0.3, -0.25) is 0 Å². The minimum Gasteiger partial charge on any atom is -0.497 e. The molecular weight excluding hydrogens is 276 g/mol. The summed E-state index contributed by atoms with van der Waals surface area (Å²) < 4.78 is 5.16. The molecule has 1 atom stereocenters. The summed E-state index contributed by atoms with van der Waals surface area (Å²) in [6.07, 6.45) is 0.897. The molecule has 0 bridgehead atoms. The number of aromatic nitrogens is 2. The molecule has 0 aliphatic carbocycles. The first-order valence-corrected chi connectivity index (χ1v) is 6.70. The number of anilines is 2. The molecule has 0 amide bonds. The van der Waals surface area contributed by atoms with Crippen molar-refractivity contribution in [3.8, 4) is 5.75 Å². The SMILES string of the molecule is CCC(Nc1cc(Cl)nc(N)n1)c1ccc(OC)cc1. The Bertz CT molecular complexity index is 554. The molecule has 106 valence electrons. The average molecular weight is 293 g/mol. The van der Waals surface area contributed by atoms with Crippen molar-refractivity contribution in [3.05, 3.63) is 41.0 Å². The molecule has 2 aromatic rings. The Morgan fingerprint density at radius 1 is 1.30 bits per heavy atom. The maximum atomic E-state index is 5.87. The fourth-order valence-electron chi connectivity index (χ4n) is 1.94. The van der Waals surface area contributed by atoms with E-state index in [1.807, 2.05) is 24.3 Å². The molecule has 0 saturated heterocycles. The average Bonchev–Trinajstić information content (AvgIpc) is 2.44. The third-order valence-corrected chi connectivity index (χ3v) is 3.15. The number of benzene rings is 1. The number of rotatable bonds is 5. The molecule has 2 rings (SSSR count). The number of nitrogens with one attached hydrogen (secondary N) is 1. The van der Waals surface area contributed by atoms with Gasteiger partial charge in [0.25, 0.3) is 0 Å². The lowest BCUT2D eigenvalue weighted by Crippen LogP contribution is -2.11. The van der Waals surface area contributed by atoms with Crippen LogP contribution < -0.4 is 15.8 Å². The maximum absolute atomic E-state index is 5.87. The van der Waals surface area contributed by atoms with Crippen LogP contribution >= 0.6 is 11.6 Å². The lowest BCUT2D eigenvalue weighted by Gasteiger charge is -2.18. The summed E-state index contributed by atoms with van der Waals surface area (Å²) in [7, 11) is 1.65. The van der Waals surface area contributed by atoms with E-state index in [1.165, 1.54) is 0 Å². The molecule has 0 fully saturated rings. The number of methoxy groups -OCH3 is 1. The van der Waals surface area contributed by atoms with E-state index >= 15 is 0 Å². The van der Waals surface area contributed by atoms with Crippen LogP contribution in [0.15, 0.2) is 30.3 Å². The fourth-order valence-corrected chi connectivity index (χ4v) is 2.13. The normalized spacial score (nSPS) is 11.9. The highest BCUT2D eigenvalue weighted by Gasteiger charge is 2.11. The highest BCUT2D eigenvalue weighted by molar-refractivity contribution is 6.29. The molecule has 0 radical (unpaired) electrons. The van der Waals surface area contributed by atoms with E-state index in [0.717, 1.165) is 17.7 Å². The molecule has 1 unspecified atom stereocenters. The zero-order valence-corrected chi connectivity index (χ0v) is 12.2. The fraction of sp³-hybridized carbons (Fsp3) is 0.286. The van der Waals surface area contributed by atoms with E-state index in [0.29, 0.717) is 11.0 Å². The maximum Gasteiger partial charge on any atom is 0.223 e. The molecule has 0 saturated carbocycles. The van der Waals surface area contributed by atoms with Crippen LogP contribution in [-0.2, 0) is 0 Å². The minimum atomic E-state index is 0.117. The van der Waals surface area contributed by atoms with Crippen molar-refractivity contribution < 1.29 is 4.74 Å². The van der Waals surface area contributed by atoms with Crippen molar-refractivity contribution in [2.75, 3.05) is 18.2 Å². The van der Waals surface area contributed by atoms with Crippen molar-refractivity contribution in [2.24, 2.45) is 0 Å². The van der Waals surface area contributed by atoms with Crippen molar-refractivity contribution in [2.45, 2.75) is 19.4 Å². The van der Waals surface area contributed by atoms with E-state index in [4.69, 9.17) is 22.1 Å². The number of hydrogen-bond acceptors (Lipinski definition) is 5. The standard InChI is InChI=1S/C14H17ClN4O/c1-3-11(9-4-6-10(20-2)7-5-9)17-13-8-12(15)18-14(16)19-13/h4-8,11H,3H2,1-2H3,(H3,16,17,18,19). The molecule has 3 N–H and O–H groups in total. The molecule has 0 spiro atoms. The Labute approximate surface area is 123 Å². The van der Waals surface area contributed by atoms with Crippen LogP contribution in [0.25, 0.3) is 0 Å². The lowest BCUT2D eigenvalue weighted by molar-refractivity contribution is 0.414. The van der Waals surface area contributed by atoms with Gasteiger partial charge in [-0.15, -0.1) is 0 Å². The summed E-state index contributed by atoms with van der Waals surface area (Å²) >= 11 is 5.87. The highest BCUT2D eigenvalue weighted by Crippen LogP contribution is 2.24. The summed E-state index contributed by atoms with van der Waals surface area (Å²) in [6.45, 7) is 2.09. The van der Waals surface area contributed by atoms with Gasteiger partial charge in [0.1, 0.15) is 16.7 Å². The summed E-state index contributed by atoms with van der Waals surface area (Å²) in [5.41, 5.74) is 6.73. The van der Waals surface area contributed by atoms with E-state index < -0.39 is 0 Å². The van der Waals surface area contributed by atoms with Gasteiger partial charge < -0.3 is 15.8 Å². The van der Waals surface area contributed by atoms with Crippen molar-refractivity contribution in [3.63, 3.8) is 0 Å². The minimum absolute atomic E-state index is 0.117. The molecule has 1 heterocycles. The second-order valence-corrected chi connectivity index (χ2v) is 4.70. The molecule has 20 heavy (non-hydrogen) atoms. The predicted octanol–water partition coefficient (Wildman–Crippen LogP) is 3.28.